The standard InChI is InChI=1S/C13H20N4O4/c1-13(2)12(21)15-9(18)8-17(13)11(20)10(19)16-6-3-4-14-5-7-16/h14H,3-8H2,1-2H3,(H,15,18,21). The van der Waals surface area contributed by atoms with Crippen molar-refractivity contribution in [2.75, 3.05) is 32.7 Å². The Hall–Kier alpha value is -1.96. The highest BCUT2D eigenvalue weighted by Gasteiger charge is 2.46. The molecule has 116 valence electrons. The van der Waals surface area contributed by atoms with Gasteiger partial charge in [0, 0.05) is 19.6 Å². The fourth-order valence-corrected chi connectivity index (χ4v) is 2.41. The van der Waals surface area contributed by atoms with Gasteiger partial charge < -0.3 is 15.1 Å². The van der Waals surface area contributed by atoms with Gasteiger partial charge >= 0.3 is 11.8 Å². The van der Waals surface area contributed by atoms with E-state index in [0.29, 0.717) is 19.6 Å². The number of nitrogens with one attached hydrogen (secondary N) is 2. The first-order valence-electron chi connectivity index (χ1n) is 7.00. The molecule has 8 heteroatoms. The van der Waals surface area contributed by atoms with Gasteiger partial charge in [-0.25, -0.2) is 0 Å². The Morgan fingerprint density at radius 1 is 1.10 bits per heavy atom. The predicted octanol–water partition coefficient (Wildman–Crippen LogP) is -1.93. The average molecular weight is 296 g/mol. The first-order chi connectivity index (χ1) is 9.84. The Morgan fingerprint density at radius 3 is 2.52 bits per heavy atom. The first kappa shape index (κ1) is 15.4. The fourth-order valence-electron chi connectivity index (χ4n) is 2.41. The van der Waals surface area contributed by atoms with Crippen molar-refractivity contribution in [3.63, 3.8) is 0 Å². The van der Waals surface area contributed by atoms with Gasteiger partial charge in [-0.3, -0.25) is 24.5 Å². The Kier molecular flexibility index (Phi) is 4.26. The molecule has 0 unspecified atom stereocenters. The summed E-state index contributed by atoms with van der Waals surface area (Å²) in [6, 6.07) is 0. The molecular weight excluding hydrogens is 276 g/mol. The zero-order chi connectivity index (χ0) is 15.6. The summed E-state index contributed by atoms with van der Waals surface area (Å²) >= 11 is 0. The van der Waals surface area contributed by atoms with E-state index in [-0.39, 0.29) is 6.54 Å². The normalized spacial score (nSPS) is 22.6. The van der Waals surface area contributed by atoms with E-state index >= 15 is 0 Å². The minimum atomic E-state index is -1.22. The summed E-state index contributed by atoms with van der Waals surface area (Å²) in [4.78, 5) is 50.5. The number of hydrogen-bond acceptors (Lipinski definition) is 5. The van der Waals surface area contributed by atoms with Crippen LogP contribution in [0.25, 0.3) is 0 Å². The number of carbonyl (C=O) groups is 4. The van der Waals surface area contributed by atoms with Gasteiger partial charge in [0.1, 0.15) is 12.1 Å². The molecule has 0 aliphatic carbocycles. The maximum absolute atomic E-state index is 12.4. The lowest BCUT2D eigenvalue weighted by Gasteiger charge is -2.40. The third-order valence-corrected chi connectivity index (χ3v) is 3.84. The molecule has 4 amide bonds. The molecule has 21 heavy (non-hydrogen) atoms. The summed E-state index contributed by atoms with van der Waals surface area (Å²) in [5.74, 6) is -2.60. The van der Waals surface area contributed by atoms with Crippen molar-refractivity contribution >= 4 is 23.6 Å². The Labute approximate surface area is 122 Å². The van der Waals surface area contributed by atoms with Gasteiger partial charge in [-0.1, -0.05) is 0 Å². The minimum absolute atomic E-state index is 0.282. The summed E-state index contributed by atoms with van der Waals surface area (Å²) in [5, 5.41) is 5.32. The average Bonchev–Trinajstić information content (AvgIpc) is 2.70. The lowest BCUT2D eigenvalue weighted by molar-refractivity contribution is -0.162. The molecule has 0 atom stereocenters. The van der Waals surface area contributed by atoms with E-state index < -0.39 is 29.2 Å². The molecule has 0 aromatic rings. The summed E-state index contributed by atoms with van der Waals surface area (Å²) < 4.78 is 0. The first-order valence-corrected chi connectivity index (χ1v) is 7.00. The second-order valence-electron chi connectivity index (χ2n) is 5.72. The molecule has 0 bridgehead atoms. The molecular formula is C13H20N4O4. The smallest absolute Gasteiger partial charge is 0.313 e. The minimum Gasteiger partial charge on any atom is -0.333 e. The van der Waals surface area contributed by atoms with E-state index in [0.717, 1.165) is 17.9 Å². The number of rotatable bonds is 0. The number of amides is 4. The van der Waals surface area contributed by atoms with Crippen molar-refractivity contribution in [3.8, 4) is 0 Å². The Bertz CT molecular complexity index is 481. The molecule has 2 rings (SSSR count). The van der Waals surface area contributed by atoms with Crippen LogP contribution in [0.3, 0.4) is 0 Å². The molecule has 8 nitrogen and oxygen atoms in total. The highest BCUT2D eigenvalue weighted by Crippen LogP contribution is 2.19. The molecule has 2 saturated heterocycles. The molecule has 0 radical (unpaired) electrons. The van der Waals surface area contributed by atoms with Gasteiger partial charge in [-0.05, 0) is 26.8 Å². The van der Waals surface area contributed by atoms with Crippen LogP contribution in [-0.4, -0.2) is 71.7 Å². The number of carbonyl (C=O) groups excluding carboxylic acids is 4. The third kappa shape index (κ3) is 3.05. The van der Waals surface area contributed by atoms with E-state index in [2.05, 4.69) is 10.6 Å². The second-order valence-corrected chi connectivity index (χ2v) is 5.72. The summed E-state index contributed by atoms with van der Waals surface area (Å²) in [5.41, 5.74) is -1.22. The second kappa shape index (κ2) is 5.80. The molecule has 0 saturated carbocycles. The number of imide groups is 1. The quantitative estimate of drug-likeness (QED) is 0.401. The lowest BCUT2D eigenvalue weighted by Crippen LogP contribution is -2.67. The Morgan fingerprint density at radius 2 is 1.81 bits per heavy atom. The van der Waals surface area contributed by atoms with Crippen LogP contribution in [0.4, 0.5) is 0 Å². The summed E-state index contributed by atoms with van der Waals surface area (Å²) in [6.07, 6.45) is 0.766. The highest BCUT2D eigenvalue weighted by molar-refractivity contribution is 6.36. The Balaban J connectivity index is 2.15. The molecule has 2 fully saturated rings. The van der Waals surface area contributed by atoms with E-state index in [4.69, 9.17) is 0 Å². The van der Waals surface area contributed by atoms with Crippen LogP contribution >= 0.6 is 0 Å². The van der Waals surface area contributed by atoms with Gasteiger partial charge in [0.25, 0.3) is 5.91 Å². The van der Waals surface area contributed by atoms with Crippen LogP contribution in [0.1, 0.15) is 20.3 Å². The monoisotopic (exact) mass is 296 g/mol. The van der Waals surface area contributed by atoms with Crippen LogP contribution in [-0.2, 0) is 19.2 Å². The SMILES string of the molecule is CC1(C)C(=O)NC(=O)CN1C(=O)C(=O)N1CCCNCC1. The van der Waals surface area contributed by atoms with Crippen LogP contribution in [0.5, 0.6) is 0 Å². The van der Waals surface area contributed by atoms with Crippen molar-refractivity contribution in [1.82, 2.24) is 20.4 Å². The number of nitrogens with zero attached hydrogens (tertiary/aromatic N) is 2. The predicted molar refractivity (Wildman–Crippen MR) is 73.0 cm³/mol. The number of piperazine rings is 1. The number of hydrogen-bond donors (Lipinski definition) is 2. The largest absolute Gasteiger partial charge is 0.333 e. The van der Waals surface area contributed by atoms with Crippen molar-refractivity contribution in [2.45, 2.75) is 25.8 Å². The van der Waals surface area contributed by atoms with Crippen molar-refractivity contribution in [3.05, 3.63) is 0 Å². The zero-order valence-electron chi connectivity index (χ0n) is 12.3. The van der Waals surface area contributed by atoms with Gasteiger partial charge in [-0.2, -0.15) is 0 Å². The summed E-state index contributed by atoms with van der Waals surface area (Å²) in [7, 11) is 0. The van der Waals surface area contributed by atoms with Crippen LogP contribution in [0.2, 0.25) is 0 Å². The topological polar surface area (TPSA) is 98.8 Å². The molecule has 0 spiro atoms. The van der Waals surface area contributed by atoms with Gasteiger partial charge in [0.15, 0.2) is 0 Å². The van der Waals surface area contributed by atoms with Crippen molar-refractivity contribution in [2.24, 2.45) is 0 Å². The zero-order valence-corrected chi connectivity index (χ0v) is 12.3. The fraction of sp³-hybridized carbons (Fsp3) is 0.692. The van der Waals surface area contributed by atoms with Gasteiger partial charge in [-0.15, -0.1) is 0 Å². The van der Waals surface area contributed by atoms with Crippen molar-refractivity contribution in [1.29, 1.82) is 0 Å². The van der Waals surface area contributed by atoms with Gasteiger partial charge in [0.05, 0.1) is 0 Å². The van der Waals surface area contributed by atoms with Crippen molar-refractivity contribution < 1.29 is 19.2 Å². The van der Waals surface area contributed by atoms with Crippen LogP contribution in [0, 0.1) is 0 Å². The van der Waals surface area contributed by atoms with Gasteiger partial charge in [0.2, 0.25) is 5.91 Å². The molecule has 2 aliphatic rings. The van der Waals surface area contributed by atoms with E-state index in [1.807, 2.05) is 0 Å². The third-order valence-electron chi connectivity index (χ3n) is 3.84. The maximum atomic E-state index is 12.4. The summed E-state index contributed by atoms with van der Waals surface area (Å²) in [6.45, 7) is 5.12. The molecule has 0 aromatic carbocycles. The lowest BCUT2D eigenvalue weighted by atomic mass is 9.98. The van der Waals surface area contributed by atoms with E-state index in [1.54, 1.807) is 0 Å². The molecule has 2 heterocycles. The maximum Gasteiger partial charge on any atom is 0.313 e. The van der Waals surface area contributed by atoms with Crippen LogP contribution in [0.15, 0.2) is 0 Å². The van der Waals surface area contributed by atoms with Crippen LogP contribution < -0.4 is 10.6 Å². The molecule has 2 aliphatic heterocycles. The molecule has 0 aromatic heterocycles. The van der Waals surface area contributed by atoms with E-state index in [1.165, 1.54) is 18.7 Å². The molecule has 2 N–H and O–H groups in total. The van der Waals surface area contributed by atoms with E-state index in [9.17, 15) is 19.2 Å². The highest BCUT2D eigenvalue weighted by atomic mass is 16.2.